The number of benzene rings is 1. The highest BCUT2D eigenvalue weighted by Crippen LogP contribution is 2.30. The highest BCUT2D eigenvalue weighted by molar-refractivity contribution is 7.16. The van der Waals surface area contributed by atoms with Crippen LogP contribution < -0.4 is 4.74 Å². The number of carbonyl (C=O) groups excluding carboxylic acids is 1. The van der Waals surface area contributed by atoms with Crippen LogP contribution in [0.1, 0.15) is 10.8 Å². The molecule has 1 heterocycles. The summed E-state index contributed by atoms with van der Waals surface area (Å²) in [6.45, 7) is 0.118. The molecule has 1 N–H and O–H groups in total. The molecule has 1 aromatic heterocycles. The van der Waals surface area contributed by atoms with Gasteiger partial charge < -0.3 is 14.6 Å². The van der Waals surface area contributed by atoms with Crippen molar-refractivity contribution in [1.82, 2.24) is 0 Å². The van der Waals surface area contributed by atoms with Crippen LogP contribution in [-0.4, -0.2) is 24.8 Å². The first-order valence-electron chi connectivity index (χ1n) is 5.85. The maximum absolute atomic E-state index is 11.8. The van der Waals surface area contributed by atoms with E-state index in [2.05, 4.69) is 0 Å². The largest absolute Gasteiger partial charge is 0.508 e. The second kappa shape index (κ2) is 6.63. The van der Waals surface area contributed by atoms with Crippen molar-refractivity contribution in [3.05, 3.63) is 45.6 Å². The number of methoxy groups -OCH3 is 1. The minimum atomic E-state index is -0.542. The summed E-state index contributed by atoms with van der Waals surface area (Å²) in [5.74, 6) is -0.332. The molecule has 0 aliphatic carbocycles. The Balaban J connectivity index is 2.11. The summed E-state index contributed by atoms with van der Waals surface area (Å²) in [6.07, 6.45) is 0. The summed E-state index contributed by atoms with van der Waals surface area (Å²) in [5, 5.41) is 9.37. The predicted octanol–water partition coefficient (Wildman–Crippen LogP) is 3.44. The average molecular weight is 313 g/mol. The zero-order valence-electron chi connectivity index (χ0n) is 10.7. The first-order chi connectivity index (χ1) is 9.60. The van der Waals surface area contributed by atoms with Crippen molar-refractivity contribution in [1.29, 1.82) is 0 Å². The lowest BCUT2D eigenvalue weighted by molar-refractivity contribution is -0.143. The van der Waals surface area contributed by atoms with Gasteiger partial charge in [-0.15, -0.1) is 11.3 Å². The molecule has 0 saturated carbocycles. The number of ether oxygens (including phenoxy) is 2. The molecule has 1 atom stereocenters. The number of carbonyl (C=O) groups is 1. The Kier molecular flexibility index (Phi) is 4.87. The number of halogens is 1. The van der Waals surface area contributed by atoms with Crippen molar-refractivity contribution in [3.8, 4) is 11.5 Å². The maximum atomic E-state index is 11.8. The molecule has 0 saturated heterocycles. The number of phenols is 1. The smallest absolute Gasteiger partial charge is 0.317 e. The number of hydrogen-bond donors (Lipinski definition) is 1. The number of aromatic hydroxyl groups is 1. The van der Waals surface area contributed by atoms with Gasteiger partial charge in [0.2, 0.25) is 0 Å². The van der Waals surface area contributed by atoms with Gasteiger partial charge in [-0.3, -0.25) is 4.79 Å². The van der Waals surface area contributed by atoms with E-state index in [-0.39, 0.29) is 18.3 Å². The van der Waals surface area contributed by atoms with E-state index >= 15 is 0 Å². The van der Waals surface area contributed by atoms with E-state index in [1.54, 1.807) is 30.3 Å². The second-order valence-electron chi connectivity index (χ2n) is 4.03. The molecule has 0 aliphatic heterocycles. The molecule has 0 radical (unpaired) electrons. The quantitative estimate of drug-likeness (QED) is 0.859. The maximum Gasteiger partial charge on any atom is 0.317 e. The monoisotopic (exact) mass is 312 g/mol. The van der Waals surface area contributed by atoms with Gasteiger partial charge in [0.15, 0.2) is 0 Å². The molecule has 0 aliphatic rings. The first kappa shape index (κ1) is 14.7. The van der Waals surface area contributed by atoms with Crippen molar-refractivity contribution in [2.75, 3.05) is 13.7 Å². The highest BCUT2D eigenvalue weighted by atomic mass is 35.5. The van der Waals surface area contributed by atoms with Crippen molar-refractivity contribution < 1.29 is 19.4 Å². The second-order valence-corrected chi connectivity index (χ2v) is 5.77. The third-order valence-corrected chi connectivity index (χ3v) is 4.00. The Morgan fingerprint density at radius 3 is 2.80 bits per heavy atom. The van der Waals surface area contributed by atoms with Crippen molar-refractivity contribution in [2.24, 2.45) is 0 Å². The van der Waals surface area contributed by atoms with Gasteiger partial charge in [0.05, 0.1) is 11.4 Å². The van der Waals surface area contributed by atoms with Crippen LogP contribution in [-0.2, 0) is 9.53 Å². The fraction of sp³-hybridized carbons (Fsp3) is 0.214. The van der Waals surface area contributed by atoms with Gasteiger partial charge in [0, 0.05) is 10.9 Å². The van der Waals surface area contributed by atoms with E-state index in [0.717, 1.165) is 4.88 Å². The fourth-order valence-electron chi connectivity index (χ4n) is 1.68. The Labute approximate surface area is 125 Å². The summed E-state index contributed by atoms with van der Waals surface area (Å²) >= 11 is 7.20. The van der Waals surface area contributed by atoms with Gasteiger partial charge in [-0.25, -0.2) is 0 Å². The molecule has 6 heteroatoms. The van der Waals surface area contributed by atoms with Gasteiger partial charge in [0.25, 0.3) is 0 Å². The Morgan fingerprint density at radius 2 is 2.20 bits per heavy atom. The van der Waals surface area contributed by atoms with Crippen molar-refractivity contribution in [2.45, 2.75) is 5.92 Å². The Bertz CT molecular complexity index is 596. The molecule has 2 aromatic rings. The molecule has 0 bridgehead atoms. The normalized spacial score (nSPS) is 11.9. The molecular weight excluding hydrogens is 300 g/mol. The molecule has 0 fully saturated rings. The van der Waals surface area contributed by atoms with E-state index in [4.69, 9.17) is 21.1 Å². The third kappa shape index (κ3) is 3.65. The third-order valence-electron chi connectivity index (χ3n) is 2.66. The lowest BCUT2D eigenvalue weighted by Gasteiger charge is -2.14. The Morgan fingerprint density at radius 1 is 1.40 bits per heavy atom. The van der Waals surface area contributed by atoms with Crippen LogP contribution in [0.25, 0.3) is 0 Å². The molecular formula is C14H13ClO4S. The molecule has 106 valence electrons. The van der Waals surface area contributed by atoms with Gasteiger partial charge in [-0.1, -0.05) is 17.7 Å². The first-order valence-corrected chi connectivity index (χ1v) is 7.04. The van der Waals surface area contributed by atoms with E-state index in [0.29, 0.717) is 10.1 Å². The fourth-order valence-corrected chi connectivity index (χ4v) is 2.81. The molecule has 0 amide bonds. The molecule has 20 heavy (non-hydrogen) atoms. The minimum absolute atomic E-state index is 0.108. The number of esters is 1. The van der Waals surface area contributed by atoms with E-state index in [1.807, 2.05) is 0 Å². The lowest BCUT2D eigenvalue weighted by Crippen LogP contribution is -2.20. The van der Waals surface area contributed by atoms with Crippen LogP contribution in [0.5, 0.6) is 11.5 Å². The Hall–Kier alpha value is -1.72. The number of thiophene rings is 1. The zero-order chi connectivity index (χ0) is 14.5. The van der Waals surface area contributed by atoms with Crippen LogP contribution >= 0.6 is 22.9 Å². The zero-order valence-corrected chi connectivity index (χ0v) is 12.3. The van der Waals surface area contributed by atoms with Crippen LogP contribution in [0.2, 0.25) is 4.34 Å². The van der Waals surface area contributed by atoms with Crippen LogP contribution in [0.15, 0.2) is 36.4 Å². The number of phenolic OH excluding ortho intramolecular Hbond substituents is 1. The topological polar surface area (TPSA) is 55.8 Å². The van der Waals surface area contributed by atoms with Crippen LogP contribution in [0.4, 0.5) is 0 Å². The molecule has 1 unspecified atom stereocenters. The summed E-state index contributed by atoms with van der Waals surface area (Å²) in [7, 11) is 1.33. The predicted molar refractivity (Wildman–Crippen MR) is 77.7 cm³/mol. The summed E-state index contributed by atoms with van der Waals surface area (Å²) in [4.78, 5) is 12.6. The SMILES string of the molecule is COC(=O)C(COc1cccc(O)c1)c1ccc(Cl)s1. The number of hydrogen-bond acceptors (Lipinski definition) is 5. The molecule has 0 spiro atoms. The molecule has 1 aromatic carbocycles. The molecule has 4 nitrogen and oxygen atoms in total. The van der Waals surface area contributed by atoms with Gasteiger partial charge in [-0.2, -0.15) is 0 Å². The highest BCUT2D eigenvalue weighted by Gasteiger charge is 2.24. The lowest BCUT2D eigenvalue weighted by atomic mass is 10.1. The van der Waals surface area contributed by atoms with Crippen LogP contribution in [0, 0.1) is 0 Å². The van der Waals surface area contributed by atoms with Gasteiger partial charge >= 0.3 is 5.97 Å². The van der Waals surface area contributed by atoms with Gasteiger partial charge in [-0.05, 0) is 24.3 Å². The van der Waals surface area contributed by atoms with E-state index in [9.17, 15) is 9.90 Å². The van der Waals surface area contributed by atoms with Crippen molar-refractivity contribution >= 4 is 28.9 Å². The summed E-state index contributed by atoms with van der Waals surface area (Å²) in [6, 6.07) is 9.90. The minimum Gasteiger partial charge on any atom is -0.508 e. The van der Waals surface area contributed by atoms with Gasteiger partial charge in [0.1, 0.15) is 24.0 Å². The average Bonchev–Trinajstić information content (AvgIpc) is 2.85. The summed E-state index contributed by atoms with van der Waals surface area (Å²) in [5.41, 5.74) is 0. The van der Waals surface area contributed by atoms with E-state index < -0.39 is 5.92 Å². The van der Waals surface area contributed by atoms with Crippen molar-refractivity contribution in [3.63, 3.8) is 0 Å². The summed E-state index contributed by atoms with van der Waals surface area (Å²) < 4.78 is 10.9. The number of rotatable bonds is 5. The van der Waals surface area contributed by atoms with E-state index in [1.165, 1.54) is 24.5 Å². The van der Waals surface area contributed by atoms with Crippen LogP contribution in [0.3, 0.4) is 0 Å². The molecule has 2 rings (SSSR count). The standard InChI is InChI=1S/C14H13ClO4S/c1-18-14(17)11(12-5-6-13(15)20-12)8-19-10-4-2-3-9(16)7-10/h2-7,11,16H,8H2,1H3.